The minimum Gasteiger partial charge on any atom is -0.373 e. The quantitative estimate of drug-likeness (QED) is 0.885. The largest absolute Gasteiger partial charge is 0.393 e. The third-order valence-corrected chi connectivity index (χ3v) is 3.12. The normalized spacial score (nSPS) is 20.9. The van der Waals surface area contributed by atoms with Gasteiger partial charge in [0.2, 0.25) is 0 Å². The van der Waals surface area contributed by atoms with Gasteiger partial charge in [0, 0.05) is 26.2 Å². The van der Waals surface area contributed by atoms with Crippen LogP contribution in [-0.4, -0.2) is 36.3 Å². The Hall–Kier alpha value is -1.53. The zero-order chi connectivity index (χ0) is 13.2. The van der Waals surface area contributed by atoms with Gasteiger partial charge in [-0.2, -0.15) is 13.2 Å². The molecule has 0 saturated carbocycles. The number of piperidine rings is 1. The lowest BCUT2D eigenvalue weighted by atomic mass is 9.97. The van der Waals surface area contributed by atoms with Crippen LogP contribution < -0.4 is 10.2 Å². The van der Waals surface area contributed by atoms with Crippen LogP contribution in [0.5, 0.6) is 0 Å². The Bertz CT molecular complexity index is 408. The van der Waals surface area contributed by atoms with E-state index in [0.29, 0.717) is 24.6 Å². The van der Waals surface area contributed by atoms with Gasteiger partial charge in [-0.3, -0.25) is 0 Å². The number of aromatic nitrogens is 2. The van der Waals surface area contributed by atoms with Crippen LogP contribution in [0.15, 0.2) is 12.4 Å². The van der Waals surface area contributed by atoms with E-state index in [1.165, 1.54) is 6.33 Å². The zero-order valence-corrected chi connectivity index (χ0v) is 10.0. The second kappa shape index (κ2) is 4.99. The summed E-state index contributed by atoms with van der Waals surface area (Å²) in [6.45, 7) is 0.580. The van der Waals surface area contributed by atoms with E-state index in [-0.39, 0.29) is 13.0 Å². The van der Waals surface area contributed by atoms with Crippen LogP contribution in [-0.2, 0) is 0 Å². The summed E-state index contributed by atoms with van der Waals surface area (Å²) in [5.74, 6) is -0.114. The Balaban J connectivity index is 2.13. The average Bonchev–Trinajstić information content (AvgIpc) is 2.38. The summed E-state index contributed by atoms with van der Waals surface area (Å²) in [6.07, 6.45) is -2.04. The zero-order valence-electron chi connectivity index (χ0n) is 10.0. The molecule has 1 atom stereocenters. The number of rotatable bonds is 2. The topological polar surface area (TPSA) is 41.0 Å². The lowest BCUT2D eigenvalue weighted by Gasteiger charge is -2.34. The number of nitrogens with zero attached hydrogens (tertiary/aromatic N) is 3. The van der Waals surface area contributed by atoms with Gasteiger partial charge in [0.05, 0.1) is 5.92 Å². The van der Waals surface area contributed by atoms with Crippen molar-refractivity contribution in [3.63, 3.8) is 0 Å². The molecule has 1 N–H and O–H groups in total. The molecule has 0 radical (unpaired) electrons. The third kappa shape index (κ3) is 2.83. The Kier molecular flexibility index (Phi) is 3.58. The third-order valence-electron chi connectivity index (χ3n) is 3.12. The van der Waals surface area contributed by atoms with Crippen molar-refractivity contribution >= 4 is 11.6 Å². The summed E-state index contributed by atoms with van der Waals surface area (Å²) < 4.78 is 38.1. The Labute approximate surface area is 103 Å². The van der Waals surface area contributed by atoms with E-state index in [1.807, 2.05) is 0 Å². The van der Waals surface area contributed by atoms with Crippen LogP contribution in [0.4, 0.5) is 24.8 Å². The molecule has 100 valence electrons. The molecular formula is C11H15F3N4. The van der Waals surface area contributed by atoms with E-state index < -0.39 is 12.1 Å². The summed E-state index contributed by atoms with van der Waals surface area (Å²) in [7, 11) is 1.71. The summed E-state index contributed by atoms with van der Waals surface area (Å²) >= 11 is 0. The highest BCUT2D eigenvalue weighted by atomic mass is 19.4. The fourth-order valence-corrected chi connectivity index (χ4v) is 2.11. The molecule has 1 saturated heterocycles. The van der Waals surface area contributed by atoms with Crippen molar-refractivity contribution < 1.29 is 13.2 Å². The Morgan fingerprint density at radius 1 is 1.39 bits per heavy atom. The van der Waals surface area contributed by atoms with Gasteiger partial charge >= 0.3 is 6.18 Å². The number of hydrogen-bond donors (Lipinski definition) is 1. The van der Waals surface area contributed by atoms with Gasteiger partial charge in [0.25, 0.3) is 0 Å². The molecule has 1 aromatic heterocycles. The van der Waals surface area contributed by atoms with Crippen LogP contribution >= 0.6 is 0 Å². The lowest BCUT2D eigenvalue weighted by molar-refractivity contribution is -0.176. The van der Waals surface area contributed by atoms with E-state index >= 15 is 0 Å². The molecular weight excluding hydrogens is 245 g/mol. The SMILES string of the molecule is CNc1cc(N2CCCC(C(F)(F)F)C2)ncn1. The average molecular weight is 260 g/mol. The molecule has 1 aromatic rings. The van der Waals surface area contributed by atoms with Crippen molar-refractivity contribution in [2.24, 2.45) is 5.92 Å². The number of nitrogens with one attached hydrogen (secondary N) is 1. The molecule has 0 amide bonds. The molecule has 18 heavy (non-hydrogen) atoms. The van der Waals surface area contributed by atoms with Gasteiger partial charge < -0.3 is 10.2 Å². The van der Waals surface area contributed by atoms with E-state index in [0.717, 1.165) is 0 Å². The Morgan fingerprint density at radius 2 is 2.17 bits per heavy atom. The van der Waals surface area contributed by atoms with Gasteiger partial charge in [0.1, 0.15) is 18.0 Å². The molecule has 0 spiro atoms. The van der Waals surface area contributed by atoms with Crippen LogP contribution in [0.3, 0.4) is 0 Å². The van der Waals surface area contributed by atoms with Crippen molar-refractivity contribution in [1.29, 1.82) is 0 Å². The number of hydrogen-bond acceptors (Lipinski definition) is 4. The van der Waals surface area contributed by atoms with E-state index in [2.05, 4.69) is 15.3 Å². The molecule has 0 aliphatic carbocycles. The predicted molar refractivity (Wildman–Crippen MR) is 62.6 cm³/mol. The first kappa shape index (κ1) is 12.9. The maximum absolute atomic E-state index is 12.7. The smallest absolute Gasteiger partial charge is 0.373 e. The maximum Gasteiger partial charge on any atom is 0.393 e. The second-order valence-corrected chi connectivity index (χ2v) is 4.34. The number of halogens is 3. The molecule has 4 nitrogen and oxygen atoms in total. The van der Waals surface area contributed by atoms with Crippen LogP contribution in [0, 0.1) is 5.92 Å². The highest BCUT2D eigenvalue weighted by molar-refractivity contribution is 5.48. The summed E-state index contributed by atoms with van der Waals surface area (Å²) in [5, 5.41) is 2.85. The van der Waals surface area contributed by atoms with Crippen molar-refractivity contribution in [2.75, 3.05) is 30.4 Å². The molecule has 1 aliphatic rings. The van der Waals surface area contributed by atoms with Gasteiger partial charge in [-0.1, -0.05) is 0 Å². The predicted octanol–water partition coefficient (Wildman–Crippen LogP) is 2.30. The fourth-order valence-electron chi connectivity index (χ4n) is 2.11. The van der Waals surface area contributed by atoms with Crippen molar-refractivity contribution in [3.8, 4) is 0 Å². The molecule has 1 unspecified atom stereocenters. The lowest BCUT2D eigenvalue weighted by Crippen LogP contribution is -2.42. The summed E-state index contributed by atoms with van der Waals surface area (Å²) in [6, 6.07) is 1.67. The highest BCUT2D eigenvalue weighted by Crippen LogP contribution is 2.34. The van der Waals surface area contributed by atoms with Crippen molar-refractivity contribution in [3.05, 3.63) is 12.4 Å². The molecule has 1 fully saturated rings. The summed E-state index contributed by atoms with van der Waals surface area (Å²) in [4.78, 5) is 9.66. The molecule has 2 heterocycles. The first-order valence-electron chi connectivity index (χ1n) is 5.82. The Morgan fingerprint density at radius 3 is 2.83 bits per heavy atom. The second-order valence-electron chi connectivity index (χ2n) is 4.34. The van der Waals surface area contributed by atoms with Crippen LogP contribution in [0.25, 0.3) is 0 Å². The van der Waals surface area contributed by atoms with E-state index in [1.54, 1.807) is 18.0 Å². The fraction of sp³-hybridized carbons (Fsp3) is 0.636. The number of alkyl halides is 3. The van der Waals surface area contributed by atoms with Gasteiger partial charge in [-0.05, 0) is 12.8 Å². The van der Waals surface area contributed by atoms with E-state index in [9.17, 15) is 13.2 Å². The van der Waals surface area contributed by atoms with Crippen molar-refractivity contribution in [1.82, 2.24) is 9.97 Å². The first-order chi connectivity index (χ1) is 8.50. The number of anilines is 2. The monoisotopic (exact) mass is 260 g/mol. The molecule has 0 bridgehead atoms. The summed E-state index contributed by atoms with van der Waals surface area (Å²) in [5.41, 5.74) is 0. The van der Waals surface area contributed by atoms with Crippen molar-refractivity contribution in [2.45, 2.75) is 19.0 Å². The molecule has 7 heteroatoms. The van der Waals surface area contributed by atoms with Gasteiger partial charge in [0.15, 0.2) is 0 Å². The molecule has 0 aromatic carbocycles. The van der Waals surface area contributed by atoms with Crippen LogP contribution in [0.2, 0.25) is 0 Å². The molecule has 1 aliphatic heterocycles. The van der Waals surface area contributed by atoms with Crippen LogP contribution in [0.1, 0.15) is 12.8 Å². The van der Waals surface area contributed by atoms with Gasteiger partial charge in [-0.25, -0.2) is 9.97 Å². The minimum absolute atomic E-state index is 0.0241. The highest BCUT2D eigenvalue weighted by Gasteiger charge is 2.42. The molecule has 2 rings (SSSR count). The first-order valence-corrected chi connectivity index (χ1v) is 5.82. The minimum atomic E-state index is -4.13. The van der Waals surface area contributed by atoms with Gasteiger partial charge in [-0.15, -0.1) is 0 Å². The standard InChI is InChI=1S/C11H15F3N4/c1-15-9-5-10(17-7-16-9)18-4-2-3-8(6-18)11(12,13)14/h5,7-8H,2-4,6H2,1H3,(H,15,16,17). The maximum atomic E-state index is 12.7. The van der Waals surface area contributed by atoms with E-state index in [4.69, 9.17) is 0 Å².